The highest BCUT2D eigenvalue weighted by Gasteiger charge is 2.16. The Kier molecular flexibility index (Phi) is 6.33. The molecule has 8 heteroatoms. The van der Waals surface area contributed by atoms with E-state index >= 15 is 0 Å². The molecule has 1 aromatic heterocycles. The van der Waals surface area contributed by atoms with Crippen LogP contribution >= 0.6 is 0 Å². The molecule has 0 fully saturated rings. The van der Waals surface area contributed by atoms with Crippen LogP contribution in [0, 0.1) is 6.92 Å². The number of anilines is 1. The molecule has 0 radical (unpaired) electrons. The first kappa shape index (κ1) is 20.2. The van der Waals surface area contributed by atoms with E-state index in [0.29, 0.717) is 17.3 Å². The Morgan fingerprint density at radius 3 is 2.48 bits per heavy atom. The lowest BCUT2D eigenvalue weighted by molar-refractivity contribution is -0.0494. The number of amides is 1. The van der Waals surface area contributed by atoms with Crippen molar-refractivity contribution in [2.75, 3.05) is 12.4 Å². The number of hydrogen-bond donors (Lipinski definition) is 1. The summed E-state index contributed by atoms with van der Waals surface area (Å²) in [5.74, 6) is 1.05. The molecule has 6 nitrogen and oxygen atoms in total. The number of carbonyl (C=O) groups is 1. The number of methoxy groups -OCH3 is 1. The Bertz CT molecular complexity index is 969. The third-order valence-corrected chi connectivity index (χ3v) is 3.93. The van der Waals surface area contributed by atoms with Crippen molar-refractivity contribution in [3.63, 3.8) is 0 Å². The summed E-state index contributed by atoms with van der Waals surface area (Å²) in [5.41, 5.74) is 0.836. The lowest BCUT2D eigenvalue weighted by Gasteiger charge is -2.12. The number of alkyl halides is 2. The van der Waals surface area contributed by atoms with Gasteiger partial charge in [0.25, 0.3) is 5.91 Å². The predicted molar refractivity (Wildman–Crippen MR) is 102 cm³/mol. The SMILES string of the molecule is COc1ccc(OCc2ccc(C(=O)Nc3ccc(C)cc3OC(F)F)o2)cc1. The third-order valence-electron chi connectivity index (χ3n) is 3.93. The highest BCUT2D eigenvalue weighted by atomic mass is 19.3. The van der Waals surface area contributed by atoms with Gasteiger partial charge in [-0.15, -0.1) is 0 Å². The molecule has 0 aliphatic carbocycles. The minimum absolute atomic E-state index is 0.0157. The summed E-state index contributed by atoms with van der Waals surface area (Å²) in [4.78, 5) is 12.4. The molecule has 3 rings (SSSR count). The molecule has 1 N–H and O–H groups in total. The Morgan fingerprint density at radius 1 is 1.07 bits per heavy atom. The summed E-state index contributed by atoms with van der Waals surface area (Å²) in [5, 5.41) is 2.51. The molecule has 0 spiro atoms. The summed E-state index contributed by atoms with van der Waals surface area (Å²) >= 11 is 0. The number of carbonyl (C=O) groups excluding carboxylic acids is 1. The van der Waals surface area contributed by atoms with Crippen LogP contribution in [0.25, 0.3) is 0 Å². The average molecular weight is 403 g/mol. The smallest absolute Gasteiger partial charge is 0.387 e. The van der Waals surface area contributed by atoms with Gasteiger partial charge in [0, 0.05) is 0 Å². The van der Waals surface area contributed by atoms with Crippen LogP contribution in [0.2, 0.25) is 0 Å². The van der Waals surface area contributed by atoms with Crippen LogP contribution < -0.4 is 19.5 Å². The van der Waals surface area contributed by atoms with E-state index in [0.717, 1.165) is 5.56 Å². The summed E-state index contributed by atoms with van der Waals surface area (Å²) in [6.45, 7) is -1.16. The number of benzene rings is 2. The van der Waals surface area contributed by atoms with E-state index in [9.17, 15) is 13.6 Å². The molecule has 0 aliphatic heterocycles. The van der Waals surface area contributed by atoms with E-state index in [4.69, 9.17) is 13.9 Å². The van der Waals surface area contributed by atoms with E-state index in [1.54, 1.807) is 50.4 Å². The zero-order valence-electron chi connectivity index (χ0n) is 15.8. The second-order valence-corrected chi connectivity index (χ2v) is 6.06. The average Bonchev–Trinajstić information content (AvgIpc) is 3.17. The van der Waals surface area contributed by atoms with Crippen molar-refractivity contribution in [1.82, 2.24) is 0 Å². The maximum atomic E-state index is 12.6. The van der Waals surface area contributed by atoms with Crippen LogP contribution in [-0.4, -0.2) is 19.6 Å². The number of hydrogen-bond acceptors (Lipinski definition) is 5. The molecule has 1 amide bonds. The molecule has 0 saturated heterocycles. The van der Waals surface area contributed by atoms with E-state index in [1.165, 1.54) is 18.2 Å². The first-order valence-corrected chi connectivity index (χ1v) is 8.67. The first-order valence-electron chi connectivity index (χ1n) is 8.67. The van der Waals surface area contributed by atoms with Crippen molar-refractivity contribution in [2.24, 2.45) is 0 Å². The Morgan fingerprint density at radius 2 is 1.79 bits per heavy atom. The number of aryl methyl sites for hydroxylation is 1. The molecule has 1 heterocycles. The standard InChI is InChI=1S/C21H19F2NO5/c1-13-3-9-17(19(11-13)29-21(22)23)24-20(25)18-10-8-16(28-18)12-27-15-6-4-14(26-2)5-7-15/h3-11,21H,12H2,1-2H3,(H,24,25). The lowest BCUT2D eigenvalue weighted by Crippen LogP contribution is -2.13. The van der Waals surface area contributed by atoms with Gasteiger partial charge in [0.15, 0.2) is 5.76 Å². The molecular formula is C21H19F2NO5. The van der Waals surface area contributed by atoms with Crippen molar-refractivity contribution in [3.8, 4) is 17.2 Å². The fraction of sp³-hybridized carbons (Fsp3) is 0.190. The maximum Gasteiger partial charge on any atom is 0.387 e. The monoisotopic (exact) mass is 403 g/mol. The van der Waals surface area contributed by atoms with E-state index in [-0.39, 0.29) is 23.8 Å². The van der Waals surface area contributed by atoms with Crippen LogP contribution in [0.1, 0.15) is 21.9 Å². The minimum atomic E-state index is -3.00. The molecule has 0 unspecified atom stereocenters. The van der Waals surface area contributed by atoms with Crippen molar-refractivity contribution in [2.45, 2.75) is 20.1 Å². The molecule has 0 bridgehead atoms. The first-order chi connectivity index (χ1) is 13.9. The number of rotatable bonds is 8. The summed E-state index contributed by atoms with van der Waals surface area (Å²) in [6.07, 6.45) is 0. The van der Waals surface area contributed by atoms with Gasteiger partial charge in [-0.05, 0) is 61.0 Å². The fourth-order valence-corrected chi connectivity index (χ4v) is 2.51. The van der Waals surface area contributed by atoms with Crippen LogP contribution in [0.4, 0.5) is 14.5 Å². The van der Waals surface area contributed by atoms with Gasteiger partial charge in [-0.1, -0.05) is 6.07 Å². The van der Waals surface area contributed by atoms with Gasteiger partial charge in [0.2, 0.25) is 0 Å². The number of furan rings is 1. The molecule has 3 aromatic rings. The van der Waals surface area contributed by atoms with Crippen molar-refractivity contribution in [3.05, 3.63) is 71.7 Å². The van der Waals surface area contributed by atoms with Crippen molar-refractivity contribution >= 4 is 11.6 Å². The summed E-state index contributed by atoms with van der Waals surface area (Å²) in [6, 6.07) is 14.7. The lowest BCUT2D eigenvalue weighted by atomic mass is 10.2. The Balaban J connectivity index is 1.63. The van der Waals surface area contributed by atoms with Crippen LogP contribution in [0.5, 0.6) is 17.2 Å². The van der Waals surface area contributed by atoms with Crippen LogP contribution in [0.3, 0.4) is 0 Å². The molecule has 0 aliphatic rings. The molecule has 0 saturated carbocycles. The maximum absolute atomic E-state index is 12.6. The molecular weight excluding hydrogens is 384 g/mol. The second kappa shape index (κ2) is 9.09. The number of ether oxygens (including phenoxy) is 3. The van der Waals surface area contributed by atoms with Gasteiger partial charge in [-0.2, -0.15) is 8.78 Å². The predicted octanol–water partition coefficient (Wildman–Crippen LogP) is 5.03. The van der Waals surface area contributed by atoms with E-state index in [1.807, 2.05) is 0 Å². The second-order valence-electron chi connectivity index (χ2n) is 6.06. The van der Waals surface area contributed by atoms with Crippen LogP contribution in [0.15, 0.2) is 59.0 Å². The Labute approximate surface area is 166 Å². The van der Waals surface area contributed by atoms with Gasteiger partial charge in [0.1, 0.15) is 29.6 Å². The highest BCUT2D eigenvalue weighted by molar-refractivity contribution is 6.03. The fourth-order valence-electron chi connectivity index (χ4n) is 2.51. The topological polar surface area (TPSA) is 69.9 Å². The van der Waals surface area contributed by atoms with E-state index in [2.05, 4.69) is 10.1 Å². The molecule has 152 valence electrons. The third kappa shape index (κ3) is 5.47. The van der Waals surface area contributed by atoms with Gasteiger partial charge in [-0.3, -0.25) is 4.79 Å². The van der Waals surface area contributed by atoms with Crippen molar-refractivity contribution < 1.29 is 32.2 Å². The van der Waals surface area contributed by atoms with E-state index < -0.39 is 12.5 Å². The Hall–Kier alpha value is -3.55. The quantitative estimate of drug-likeness (QED) is 0.571. The zero-order valence-corrected chi connectivity index (χ0v) is 15.8. The molecule has 2 aromatic carbocycles. The largest absolute Gasteiger partial charge is 0.497 e. The van der Waals surface area contributed by atoms with Gasteiger partial charge in [0.05, 0.1) is 12.8 Å². The highest BCUT2D eigenvalue weighted by Crippen LogP contribution is 2.28. The molecule has 0 atom stereocenters. The summed E-state index contributed by atoms with van der Waals surface area (Å²) in [7, 11) is 1.57. The number of halogens is 2. The summed E-state index contributed by atoms with van der Waals surface area (Å²) < 4.78 is 45.8. The minimum Gasteiger partial charge on any atom is -0.497 e. The van der Waals surface area contributed by atoms with Gasteiger partial charge >= 0.3 is 6.61 Å². The zero-order chi connectivity index (χ0) is 20.8. The van der Waals surface area contributed by atoms with Crippen molar-refractivity contribution in [1.29, 1.82) is 0 Å². The number of nitrogens with one attached hydrogen (secondary N) is 1. The normalized spacial score (nSPS) is 10.7. The van der Waals surface area contributed by atoms with Gasteiger partial charge in [-0.25, -0.2) is 0 Å². The van der Waals surface area contributed by atoms with Gasteiger partial charge < -0.3 is 23.9 Å². The van der Waals surface area contributed by atoms with Crippen LogP contribution in [-0.2, 0) is 6.61 Å². The molecule has 29 heavy (non-hydrogen) atoms.